The number of anilines is 4. The van der Waals surface area contributed by atoms with Crippen molar-refractivity contribution >= 4 is 56.8 Å². The topological polar surface area (TPSA) is 59.6 Å². The molecular weight excluding hydrogens is 1460 g/mol. The van der Waals surface area contributed by atoms with Crippen molar-refractivity contribution in [1.82, 2.24) is 4.31 Å². The molecule has 12 heteroatoms. The van der Waals surface area contributed by atoms with E-state index in [2.05, 4.69) is 361 Å². The van der Waals surface area contributed by atoms with Crippen LogP contribution in [0.2, 0.25) is 0 Å². The fourth-order valence-corrected chi connectivity index (χ4v) is 17.6. The molecule has 8 nitrogen and oxygen atoms in total. The number of nitrogens with zero attached hydrogens (tertiary/aromatic N) is 5. The second-order valence-electron chi connectivity index (χ2n) is 30.0. The Morgan fingerprint density at radius 1 is 0.383 bits per heavy atom. The van der Waals surface area contributed by atoms with Crippen LogP contribution in [0.3, 0.4) is 0 Å². The van der Waals surface area contributed by atoms with Crippen LogP contribution in [0.25, 0.3) is 0 Å². The van der Waals surface area contributed by atoms with Gasteiger partial charge in [-0.15, -0.1) is 6.67 Å². The normalized spacial score (nSPS) is 12.6. The molecule has 0 fully saturated rings. The van der Waals surface area contributed by atoms with Gasteiger partial charge in [-0.1, -0.05) is 298 Å². The molecule has 12 rings (SSSR count). The van der Waals surface area contributed by atoms with Crippen molar-refractivity contribution in [2.45, 2.75) is 104 Å². The number of halogens is 2. The molecule has 11 aromatic carbocycles. The van der Waals surface area contributed by atoms with Gasteiger partial charge in [-0.3, -0.25) is 0 Å². The number of hydrogen-bond acceptors (Lipinski definition) is 7. The average molecular weight is 1570 g/mol. The van der Waals surface area contributed by atoms with Gasteiger partial charge >= 0.3 is 133 Å². The van der Waals surface area contributed by atoms with Crippen LogP contribution in [0.4, 0.5) is 22.7 Å². The third kappa shape index (κ3) is 20.1. The van der Waals surface area contributed by atoms with Crippen LogP contribution in [0.1, 0.15) is 165 Å². The molecule has 0 aromatic heterocycles. The van der Waals surface area contributed by atoms with Crippen molar-refractivity contribution in [3.8, 4) is 5.75 Å². The average Bonchev–Trinajstić information content (AvgIpc) is 1.73. The van der Waals surface area contributed by atoms with Gasteiger partial charge in [0.25, 0.3) is 0 Å². The summed E-state index contributed by atoms with van der Waals surface area (Å²) in [4.78, 5) is 10.5. The first kappa shape index (κ1) is 79.2. The molecule has 0 N–H and O–H groups in total. The van der Waals surface area contributed by atoms with Crippen molar-refractivity contribution < 1.29 is 26.7 Å². The van der Waals surface area contributed by atoms with E-state index in [0.29, 0.717) is 35.0 Å². The van der Waals surface area contributed by atoms with E-state index in [1.807, 2.05) is 13.8 Å². The van der Waals surface area contributed by atoms with Gasteiger partial charge in [0.2, 0.25) is 0 Å². The minimum atomic E-state index is -3.49. The molecule has 1 heterocycles. The molecule has 0 atom stereocenters. The van der Waals surface area contributed by atoms with Crippen molar-refractivity contribution in [3.63, 3.8) is 0 Å². The van der Waals surface area contributed by atoms with Gasteiger partial charge in [0.1, 0.15) is 0 Å². The van der Waals surface area contributed by atoms with E-state index in [0.717, 1.165) is 30.5 Å². The predicted octanol–water partition coefficient (Wildman–Crippen LogP) is 23.4. The molecule has 0 amide bonds. The maximum absolute atomic E-state index is 12.1. The Hall–Kier alpha value is -8.86. The van der Waals surface area contributed by atoms with Gasteiger partial charge in [0, 0.05) is 72.6 Å². The molecular formula is C95H104Cl2N5O3RuS-. The Morgan fingerprint density at radius 3 is 0.850 bits per heavy atom. The summed E-state index contributed by atoms with van der Waals surface area (Å²) in [6.45, 7) is 28.8. The van der Waals surface area contributed by atoms with E-state index in [1.165, 1.54) is 110 Å². The summed E-state index contributed by atoms with van der Waals surface area (Å²) in [5.74, 6) is 1.87. The predicted molar refractivity (Wildman–Crippen MR) is 450 cm³/mol. The van der Waals surface area contributed by atoms with Crippen molar-refractivity contribution in [3.05, 3.63) is 377 Å². The molecule has 107 heavy (non-hydrogen) atoms. The molecule has 11 aromatic rings. The number of rotatable bonds is 29. The van der Waals surface area contributed by atoms with Gasteiger partial charge in [-0.05, 0) is 127 Å². The molecule has 1 aliphatic heterocycles. The van der Waals surface area contributed by atoms with Crippen molar-refractivity contribution in [2.24, 2.45) is 23.7 Å². The van der Waals surface area contributed by atoms with Crippen molar-refractivity contribution in [2.75, 3.05) is 59.9 Å². The molecule has 0 aliphatic carbocycles. The van der Waals surface area contributed by atoms with Crippen LogP contribution >= 0.6 is 19.4 Å². The molecule has 0 spiro atoms. The Kier molecular flexibility index (Phi) is 27.6. The van der Waals surface area contributed by atoms with E-state index in [9.17, 15) is 8.42 Å². The van der Waals surface area contributed by atoms with Gasteiger partial charge in [-0.25, -0.2) is 0 Å². The molecule has 0 unspecified atom stereocenters. The van der Waals surface area contributed by atoms with Crippen LogP contribution in [0.5, 0.6) is 5.75 Å². The molecule has 1 aliphatic rings. The Labute approximate surface area is 652 Å². The summed E-state index contributed by atoms with van der Waals surface area (Å²) >= 11 is -2.08. The minimum absolute atomic E-state index is 0.0234. The van der Waals surface area contributed by atoms with E-state index < -0.39 is 23.5 Å². The second kappa shape index (κ2) is 37.3. The molecule has 0 bridgehead atoms. The first-order valence-corrected chi connectivity index (χ1v) is 44.5. The molecule has 0 saturated heterocycles. The number of benzene rings is 11. The zero-order valence-electron chi connectivity index (χ0n) is 63.9. The van der Waals surface area contributed by atoms with Gasteiger partial charge in [0.05, 0.1) is 0 Å². The third-order valence-electron chi connectivity index (χ3n) is 19.1. The summed E-state index contributed by atoms with van der Waals surface area (Å²) < 4.78 is 32.7. The third-order valence-corrected chi connectivity index (χ3v) is 22.8. The quantitative estimate of drug-likeness (QED) is 0.0263. The summed E-state index contributed by atoms with van der Waals surface area (Å²) in [5, 5.41) is 0. The van der Waals surface area contributed by atoms with Crippen molar-refractivity contribution in [1.29, 1.82) is 0 Å². The van der Waals surface area contributed by atoms with E-state index >= 15 is 0 Å². The standard InChI is InChI=1S/C83H87N4.C12H17NO3S.2ClH.Ru/c1-60(2)55-86(56-61(3)4)72-51-74(78(64-33-17-9-18-34-64)65-35-19-10-20-36-65)82(75(52-72)79(66-37-21-11-22-38-66)67-39-23-12-24-40-67)84-49-50-85(59-84)83-76(80(68-41-25-13-26-42-68)69-43-27-14-28-44-69)53-73(87(57-62(5)6)58-63(7)8)54-77(83)81(70-45-29-15-30-46-70)71-47-31-16-32-48-71;1-9(2)16-12-7-6-11(8-10(12)3)17(14,15)13(4)5;;;/h9-54,59-63,78-81H,55-58H2,1-8H3;3,6-9H,1-2,4-5H3;2*1H;/q-1;;;;+2/p-2. The van der Waals surface area contributed by atoms with Gasteiger partial charge < -0.3 is 19.6 Å². The molecule has 0 saturated carbocycles. The number of sulfonamides is 1. The van der Waals surface area contributed by atoms with E-state index in [1.54, 1.807) is 16.7 Å². The Morgan fingerprint density at radius 2 is 0.636 bits per heavy atom. The summed E-state index contributed by atoms with van der Waals surface area (Å²) in [5.41, 5.74) is 20.5. The maximum atomic E-state index is 12.1. The summed E-state index contributed by atoms with van der Waals surface area (Å²) in [6, 6.07) is 105. The fraction of sp³-hybridized carbons (Fsp3) is 0.263. The van der Waals surface area contributed by atoms with Crippen LogP contribution in [0.15, 0.2) is 302 Å². The monoisotopic (exact) mass is 1570 g/mol. The first-order chi connectivity index (χ1) is 51.6. The van der Waals surface area contributed by atoms with Crippen LogP contribution in [-0.2, 0) is 23.5 Å². The number of ether oxygens (including phenoxy) is 1. The fourth-order valence-electron chi connectivity index (χ4n) is 14.9. The SMILES string of the molecule is CC(C)CN(CC(C)C)c1cc(C(c2ccccc2)c2ccccc2)c(N2C=CN(c3c(C(c4ccccc4)c4ccccc4)cc(N(CC(C)C)CC(C)C)cc3C(c3ccccc3)c3ccccc3)[CH-]2)c(C(c2ccccc2)c2ccccc2)c1.CC(C)Oc1ccc(S(=O)(=O)N(C)C)cc1[CH]=[Ru]([Cl])[Cl]. The van der Waals surface area contributed by atoms with Crippen LogP contribution < -0.4 is 24.3 Å². The zero-order chi connectivity index (χ0) is 75.7. The van der Waals surface area contributed by atoms with Gasteiger partial charge in [0.15, 0.2) is 0 Å². The Bertz CT molecular complexity index is 4160. The summed E-state index contributed by atoms with van der Waals surface area (Å²) in [7, 11) is 11.3. The van der Waals surface area contributed by atoms with Gasteiger partial charge in [-0.2, -0.15) is 0 Å². The number of hydrogen-bond donors (Lipinski definition) is 0. The first-order valence-electron chi connectivity index (χ1n) is 37.5. The second-order valence-corrected chi connectivity index (χ2v) is 37.9. The Balaban J connectivity index is 0.000000495. The van der Waals surface area contributed by atoms with Crippen LogP contribution in [-0.4, -0.2) is 63.7 Å². The van der Waals surface area contributed by atoms with E-state index in [-0.39, 0.29) is 34.7 Å². The molecule has 556 valence electrons. The van der Waals surface area contributed by atoms with E-state index in [4.69, 9.17) is 24.1 Å². The summed E-state index contributed by atoms with van der Waals surface area (Å²) in [6.07, 6.45) is 4.69. The van der Waals surface area contributed by atoms with Crippen LogP contribution in [0, 0.1) is 30.3 Å². The zero-order valence-corrected chi connectivity index (χ0v) is 68.0. The molecule has 0 radical (unpaired) electrons.